The first-order valence-electron chi connectivity index (χ1n) is 5.52. The number of rotatable bonds is 3. The van der Waals surface area contributed by atoms with Crippen molar-refractivity contribution in [2.75, 3.05) is 24.6 Å². The second-order valence-corrected chi connectivity index (χ2v) is 5.20. The molecule has 1 saturated heterocycles. The van der Waals surface area contributed by atoms with Crippen molar-refractivity contribution in [2.24, 2.45) is 0 Å². The van der Waals surface area contributed by atoms with E-state index in [1.165, 1.54) is 12.1 Å². The van der Waals surface area contributed by atoms with Gasteiger partial charge in [-0.1, -0.05) is 0 Å². The highest BCUT2D eigenvalue weighted by molar-refractivity contribution is 14.1. The maximum absolute atomic E-state index is 10.9. The number of carboxylic acids is 1. The van der Waals surface area contributed by atoms with Crippen LogP contribution in [0.3, 0.4) is 0 Å². The van der Waals surface area contributed by atoms with Crippen LogP contribution in [0.15, 0.2) is 18.2 Å². The summed E-state index contributed by atoms with van der Waals surface area (Å²) in [6.45, 7) is 1.13. The molecule has 1 atom stereocenters. The zero-order valence-corrected chi connectivity index (χ0v) is 11.9. The molecule has 1 fully saturated rings. The van der Waals surface area contributed by atoms with E-state index in [0.29, 0.717) is 13.2 Å². The van der Waals surface area contributed by atoms with Crippen LogP contribution >= 0.6 is 22.6 Å². The summed E-state index contributed by atoms with van der Waals surface area (Å²) < 4.78 is 5.86. The number of anilines is 1. The lowest BCUT2D eigenvalue weighted by Gasteiger charge is -2.33. The Hall–Kier alpha value is -1.42. The van der Waals surface area contributed by atoms with E-state index < -0.39 is 17.0 Å². The average molecular weight is 378 g/mol. The molecule has 2 rings (SSSR count). The number of hydrogen-bond donors (Lipinski definition) is 1. The van der Waals surface area contributed by atoms with Gasteiger partial charge in [-0.05, 0) is 28.7 Å². The van der Waals surface area contributed by atoms with E-state index in [4.69, 9.17) is 9.84 Å². The van der Waals surface area contributed by atoms with Crippen LogP contribution < -0.4 is 4.90 Å². The van der Waals surface area contributed by atoms with E-state index in [9.17, 15) is 14.9 Å². The standard InChI is InChI=1S/C11H11IN2O5/c12-8-5-7(14(17)18)1-2-9(8)13-3-4-19-10(6-13)11(15)16/h1-2,5,10H,3-4,6H2,(H,15,16). The fraction of sp³-hybridized carbons (Fsp3) is 0.364. The van der Waals surface area contributed by atoms with Crippen LogP contribution in [-0.4, -0.2) is 41.8 Å². The molecule has 1 aliphatic rings. The minimum atomic E-state index is -0.999. The number of morpholine rings is 1. The van der Waals surface area contributed by atoms with Crippen LogP contribution in [0.2, 0.25) is 0 Å². The molecule has 0 saturated carbocycles. The molecule has 0 spiro atoms. The van der Waals surface area contributed by atoms with Gasteiger partial charge in [0.25, 0.3) is 5.69 Å². The van der Waals surface area contributed by atoms with Crippen molar-refractivity contribution in [3.63, 3.8) is 0 Å². The fourth-order valence-corrected chi connectivity index (χ4v) is 2.72. The topological polar surface area (TPSA) is 92.9 Å². The van der Waals surface area contributed by atoms with Crippen molar-refractivity contribution >= 4 is 39.9 Å². The molecular formula is C11H11IN2O5. The van der Waals surface area contributed by atoms with E-state index in [1.54, 1.807) is 6.07 Å². The summed E-state index contributed by atoms with van der Waals surface area (Å²) in [6.07, 6.45) is -0.861. The third-order valence-corrected chi connectivity index (χ3v) is 3.69. The molecule has 0 aliphatic carbocycles. The maximum atomic E-state index is 10.9. The van der Waals surface area contributed by atoms with Gasteiger partial charge in [0.1, 0.15) is 0 Å². The van der Waals surface area contributed by atoms with Crippen molar-refractivity contribution in [3.8, 4) is 0 Å². The number of nitro groups is 1. The minimum Gasteiger partial charge on any atom is -0.479 e. The molecule has 1 N–H and O–H groups in total. The van der Waals surface area contributed by atoms with Crippen LogP contribution in [-0.2, 0) is 9.53 Å². The smallest absolute Gasteiger partial charge is 0.334 e. The summed E-state index contributed by atoms with van der Waals surface area (Å²) in [5, 5.41) is 19.6. The van der Waals surface area contributed by atoms with E-state index in [1.807, 2.05) is 27.5 Å². The van der Waals surface area contributed by atoms with E-state index in [-0.39, 0.29) is 12.2 Å². The molecule has 0 aromatic heterocycles. The Labute approximate surface area is 122 Å². The van der Waals surface area contributed by atoms with Gasteiger partial charge in [-0.3, -0.25) is 10.1 Å². The van der Waals surface area contributed by atoms with E-state index in [0.717, 1.165) is 9.26 Å². The summed E-state index contributed by atoms with van der Waals surface area (Å²) in [6, 6.07) is 4.54. The zero-order valence-electron chi connectivity index (χ0n) is 9.78. The highest BCUT2D eigenvalue weighted by Crippen LogP contribution is 2.28. The molecule has 1 unspecified atom stereocenters. The molecule has 102 valence electrons. The quantitative estimate of drug-likeness (QED) is 0.487. The number of halogens is 1. The van der Waals surface area contributed by atoms with Crippen molar-refractivity contribution in [3.05, 3.63) is 31.9 Å². The van der Waals surface area contributed by atoms with Crippen LogP contribution in [0.1, 0.15) is 0 Å². The highest BCUT2D eigenvalue weighted by atomic mass is 127. The molecule has 7 nitrogen and oxygen atoms in total. The van der Waals surface area contributed by atoms with Crippen LogP contribution in [0.25, 0.3) is 0 Å². The largest absolute Gasteiger partial charge is 0.479 e. The van der Waals surface area contributed by atoms with Gasteiger partial charge in [0.2, 0.25) is 0 Å². The summed E-state index contributed by atoms with van der Waals surface area (Å²) >= 11 is 2.01. The molecule has 0 bridgehead atoms. The Morgan fingerprint density at radius 2 is 2.32 bits per heavy atom. The Bertz CT molecular complexity index is 522. The van der Waals surface area contributed by atoms with Gasteiger partial charge in [0, 0.05) is 22.2 Å². The molecular weight excluding hydrogens is 367 g/mol. The number of nitrogens with zero attached hydrogens (tertiary/aromatic N) is 2. The number of non-ortho nitro benzene ring substituents is 1. The Morgan fingerprint density at radius 3 is 2.89 bits per heavy atom. The van der Waals surface area contributed by atoms with Gasteiger partial charge in [0.15, 0.2) is 6.10 Å². The monoisotopic (exact) mass is 378 g/mol. The molecule has 1 aromatic rings. The summed E-state index contributed by atoms with van der Waals surface area (Å²) in [7, 11) is 0. The van der Waals surface area contributed by atoms with Gasteiger partial charge in [-0.25, -0.2) is 4.79 Å². The van der Waals surface area contributed by atoms with E-state index in [2.05, 4.69) is 0 Å². The van der Waals surface area contributed by atoms with Crippen LogP contribution in [0.5, 0.6) is 0 Å². The highest BCUT2D eigenvalue weighted by Gasteiger charge is 2.27. The number of ether oxygens (including phenoxy) is 1. The number of nitro benzene ring substituents is 1. The molecule has 1 heterocycles. The van der Waals surface area contributed by atoms with Crippen LogP contribution in [0.4, 0.5) is 11.4 Å². The first kappa shape index (κ1) is 14.0. The number of carbonyl (C=O) groups is 1. The average Bonchev–Trinajstić information content (AvgIpc) is 2.38. The lowest BCUT2D eigenvalue weighted by molar-refractivity contribution is -0.384. The van der Waals surface area contributed by atoms with Crippen molar-refractivity contribution in [1.29, 1.82) is 0 Å². The van der Waals surface area contributed by atoms with Gasteiger partial charge >= 0.3 is 5.97 Å². The Balaban J connectivity index is 2.22. The minimum absolute atomic E-state index is 0.0243. The normalized spacial score (nSPS) is 19.2. The number of benzene rings is 1. The second kappa shape index (κ2) is 5.70. The molecule has 8 heteroatoms. The Morgan fingerprint density at radius 1 is 1.58 bits per heavy atom. The summed E-state index contributed by atoms with van der Waals surface area (Å²) in [5.74, 6) is -0.999. The number of aliphatic carboxylic acids is 1. The maximum Gasteiger partial charge on any atom is 0.334 e. The predicted molar refractivity (Wildman–Crippen MR) is 75.4 cm³/mol. The summed E-state index contributed by atoms with van der Waals surface area (Å²) in [5.41, 5.74) is 0.817. The molecule has 1 aliphatic heterocycles. The second-order valence-electron chi connectivity index (χ2n) is 4.04. The first-order chi connectivity index (χ1) is 8.99. The third kappa shape index (κ3) is 3.13. The zero-order chi connectivity index (χ0) is 14.0. The molecule has 0 amide bonds. The van der Waals surface area contributed by atoms with Crippen molar-refractivity contribution in [1.82, 2.24) is 0 Å². The lowest BCUT2D eigenvalue weighted by atomic mass is 10.2. The summed E-state index contributed by atoms with van der Waals surface area (Å²) in [4.78, 5) is 23.0. The third-order valence-electron chi connectivity index (χ3n) is 2.82. The van der Waals surface area contributed by atoms with Gasteiger partial charge in [-0.2, -0.15) is 0 Å². The van der Waals surface area contributed by atoms with Gasteiger partial charge in [0.05, 0.1) is 23.8 Å². The van der Waals surface area contributed by atoms with Gasteiger partial charge < -0.3 is 14.7 Å². The molecule has 19 heavy (non-hydrogen) atoms. The number of carboxylic acid groups (broad SMARTS) is 1. The Kier molecular flexibility index (Phi) is 4.20. The van der Waals surface area contributed by atoms with Crippen molar-refractivity contribution < 1.29 is 19.6 Å². The lowest BCUT2D eigenvalue weighted by Crippen LogP contribution is -2.46. The number of hydrogen-bond acceptors (Lipinski definition) is 5. The van der Waals surface area contributed by atoms with Gasteiger partial charge in [-0.15, -0.1) is 0 Å². The molecule has 1 aromatic carbocycles. The predicted octanol–water partition coefficient (Wildman–Crippen LogP) is 1.49. The SMILES string of the molecule is O=C(O)C1CN(c2ccc([N+](=O)[O-])cc2I)CCO1. The molecule has 0 radical (unpaired) electrons. The van der Waals surface area contributed by atoms with Crippen molar-refractivity contribution in [2.45, 2.75) is 6.10 Å². The van der Waals surface area contributed by atoms with Crippen LogP contribution in [0, 0.1) is 13.7 Å². The first-order valence-corrected chi connectivity index (χ1v) is 6.60. The fourth-order valence-electron chi connectivity index (χ4n) is 1.88. The van der Waals surface area contributed by atoms with E-state index >= 15 is 0 Å².